The molecule has 1 atom stereocenters. The van der Waals surface area contributed by atoms with Crippen LogP contribution in [0.5, 0.6) is 0 Å². The van der Waals surface area contributed by atoms with E-state index in [1.54, 1.807) is 0 Å². The van der Waals surface area contributed by atoms with E-state index in [-0.39, 0.29) is 5.69 Å². The van der Waals surface area contributed by atoms with Gasteiger partial charge in [-0.2, -0.15) is 17.9 Å². The molecule has 0 aliphatic carbocycles. The van der Waals surface area contributed by atoms with Gasteiger partial charge in [0.25, 0.3) is 0 Å². The Labute approximate surface area is 113 Å². The van der Waals surface area contributed by atoms with Crippen molar-refractivity contribution in [3.05, 3.63) is 17.5 Å². The summed E-state index contributed by atoms with van der Waals surface area (Å²) in [5, 5.41) is 10.8. The number of aromatic carboxylic acids is 1. The zero-order valence-electron chi connectivity index (χ0n) is 10.8. The van der Waals surface area contributed by atoms with Crippen LogP contribution in [-0.4, -0.2) is 31.2 Å². The molecule has 1 aromatic rings. The van der Waals surface area contributed by atoms with Gasteiger partial charge in [0, 0.05) is 12.7 Å². The summed E-state index contributed by atoms with van der Waals surface area (Å²) in [6, 6.07) is -1.53. The SMILES string of the molecule is Cc1c(S(=O)(=O)NC(C)C(F)(F)F)cc(C(=O)[O-])n1C. The van der Waals surface area contributed by atoms with Crippen molar-refractivity contribution in [1.29, 1.82) is 0 Å². The summed E-state index contributed by atoms with van der Waals surface area (Å²) in [6.07, 6.45) is -4.74. The topological polar surface area (TPSA) is 91.2 Å². The number of sulfonamides is 1. The number of hydrogen-bond acceptors (Lipinski definition) is 4. The highest BCUT2D eigenvalue weighted by Gasteiger charge is 2.39. The van der Waals surface area contributed by atoms with Crippen molar-refractivity contribution in [3.8, 4) is 0 Å². The lowest BCUT2D eigenvalue weighted by atomic mass is 10.4. The predicted molar refractivity (Wildman–Crippen MR) is 60.3 cm³/mol. The molecule has 10 heteroatoms. The number of carbonyl (C=O) groups is 1. The first kappa shape index (κ1) is 16.5. The van der Waals surface area contributed by atoms with Crippen LogP contribution in [0.3, 0.4) is 0 Å². The second kappa shape index (κ2) is 5.09. The Hall–Kier alpha value is -1.55. The third kappa shape index (κ3) is 3.12. The van der Waals surface area contributed by atoms with Crippen LogP contribution in [0.2, 0.25) is 0 Å². The van der Waals surface area contributed by atoms with E-state index in [2.05, 4.69) is 0 Å². The van der Waals surface area contributed by atoms with E-state index in [9.17, 15) is 31.5 Å². The van der Waals surface area contributed by atoms with Gasteiger partial charge in [-0.3, -0.25) is 0 Å². The van der Waals surface area contributed by atoms with Crippen LogP contribution in [0.15, 0.2) is 11.0 Å². The number of rotatable bonds is 4. The van der Waals surface area contributed by atoms with Crippen LogP contribution < -0.4 is 9.83 Å². The number of nitrogens with zero attached hydrogens (tertiary/aromatic N) is 1. The Kier molecular flexibility index (Phi) is 4.20. The van der Waals surface area contributed by atoms with Gasteiger partial charge < -0.3 is 14.5 Å². The molecule has 0 saturated carbocycles. The minimum absolute atomic E-state index is 0.00826. The van der Waals surface area contributed by atoms with Crippen molar-refractivity contribution in [1.82, 2.24) is 9.29 Å². The molecule has 0 fully saturated rings. The second-order valence-electron chi connectivity index (χ2n) is 4.21. The summed E-state index contributed by atoms with van der Waals surface area (Å²) in [5.41, 5.74) is -0.450. The number of aromatic nitrogens is 1. The fourth-order valence-corrected chi connectivity index (χ4v) is 3.02. The van der Waals surface area contributed by atoms with E-state index >= 15 is 0 Å². The first-order chi connectivity index (χ1) is 8.88. The quantitative estimate of drug-likeness (QED) is 0.842. The van der Waals surface area contributed by atoms with E-state index in [1.807, 2.05) is 0 Å². The molecule has 0 saturated heterocycles. The van der Waals surface area contributed by atoms with Gasteiger partial charge in [-0.05, 0) is 19.9 Å². The van der Waals surface area contributed by atoms with Crippen LogP contribution in [-0.2, 0) is 17.1 Å². The van der Waals surface area contributed by atoms with E-state index in [0.29, 0.717) is 6.92 Å². The molecule has 0 aromatic carbocycles. The van der Waals surface area contributed by atoms with Gasteiger partial charge in [0.15, 0.2) is 0 Å². The molecule has 0 radical (unpaired) electrons. The maximum atomic E-state index is 12.4. The Morgan fingerprint density at radius 3 is 2.30 bits per heavy atom. The lowest BCUT2D eigenvalue weighted by molar-refractivity contribution is -0.255. The van der Waals surface area contributed by atoms with Gasteiger partial charge in [0.2, 0.25) is 10.0 Å². The molecule has 0 amide bonds. The van der Waals surface area contributed by atoms with Crippen LogP contribution >= 0.6 is 0 Å². The van der Waals surface area contributed by atoms with Crippen molar-refractivity contribution in [2.75, 3.05) is 0 Å². The normalized spacial score (nSPS) is 14.3. The van der Waals surface area contributed by atoms with E-state index in [4.69, 9.17) is 0 Å². The average Bonchev–Trinajstić information content (AvgIpc) is 2.54. The number of nitrogens with one attached hydrogen (secondary N) is 1. The molecule has 1 heterocycles. The van der Waals surface area contributed by atoms with Crippen LogP contribution in [0.4, 0.5) is 13.2 Å². The molecule has 1 rings (SSSR count). The van der Waals surface area contributed by atoms with Gasteiger partial charge in [0.05, 0.1) is 11.7 Å². The number of carboxylic acid groups (broad SMARTS) is 1. The van der Waals surface area contributed by atoms with E-state index < -0.39 is 38.8 Å². The predicted octanol–water partition coefficient (Wildman–Crippen LogP) is -0.0739. The maximum absolute atomic E-state index is 12.4. The highest BCUT2D eigenvalue weighted by Crippen LogP contribution is 2.24. The Morgan fingerprint density at radius 2 is 1.95 bits per heavy atom. The van der Waals surface area contributed by atoms with Crippen molar-refractivity contribution in [3.63, 3.8) is 0 Å². The molecule has 6 nitrogen and oxygen atoms in total. The highest BCUT2D eigenvalue weighted by molar-refractivity contribution is 7.89. The fourth-order valence-electron chi connectivity index (χ4n) is 1.50. The van der Waals surface area contributed by atoms with Crippen molar-refractivity contribution < 1.29 is 31.5 Å². The van der Waals surface area contributed by atoms with Crippen LogP contribution in [0.1, 0.15) is 23.1 Å². The monoisotopic (exact) mass is 313 g/mol. The number of carbonyl (C=O) groups excluding carboxylic acids is 1. The molecule has 0 bridgehead atoms. The van der Waals surface area contributed by atoms with Gasteiger partial charge in [-0.15, -0.1) is 0 Å². The minimum Gasteiger partial charge on any atom is -0.543 e. The molecule has 0 aliphatic heterocycles. The number of halogens is 3. The lowest BCUT2D eigenvalue weighted by Gasteiger charge is -2.17. The summed E-state index contributed by atoms with van der Waals surface area (Å²) in [5.74, 6) is -1.62. The van der Waals surface area contributed by atoms with Crippen LogP contribution in [0.25, 0.3) is 0 Å². The number of hydrogen-bond donors (Lipinski definition) is 1. The molecule has 1 unspecified atom stereocenters. The molecular formula is C10H12F3N2O4S-. The molecule has 1 N–H and O–H groups in total. The summed E-state index contributed by atoms with van der Waals surface area (Å²) >= 11 is 0. The first-order valence-corrected chi connectivity index (χ1v) is 6.83. The Morgan fingerprint density at radius 1 is 1.45 bits per heavy atom. The highest BCUT2D eigenvalue weighted by atomic mass is 32.2. The second-order valence-corrected chi connectivity index (χ2v) is 5.89. The molecule has 0 aliphatic rings. The average molecular weight is 313 g/mol. The fraction of sp³-hybridized carbons (Fsp3) is 0.500. The zero-order chi connectivity index (χ0) is 15.9. The Bertz CT molecular complexity index is 634. The lowest BCUT2D eigenvalue weighted by Crippen LogP contribution is -2.43. The Balaban J connectivity index is 3.24. The van der Waals surface area contributed by atoms with Gasteiger partial charge in [-0.1, -0.05) is 0 Å². The zero-order valence-corrected chi connectivity index (χ0v) is 11.6. The van der Waals surface area contributed by atoms with E-state index in [1.165, 1.54) is 18.7 Å². The van der Waals surface area contributed by atoms with Gasteiger partial charge >= 0.3 is 6.18 Å². The first-order valence-electron chi connectivity index (χ1n) is 5.34. The summed E-state index contributed by atoms with van der Waals surface area (Å²) in [7, 11) is -3.22. The summed E-state index contributed by atoms with van der Waals surface area (Å²) in [4.78, 5) is 10.2. The van der Waals surface area contributed by atoms with Crippen molar-refractivity contribution >= 4 is 16.0 Å². The third-order valence-electron chi connectivity index (χ3n) is 2.81. The molecule has 1 aromatic heterocycles. The van der Waals surface area contributed by atoms with Gasteiger partial charge in [0.1, 0.15) is 10.9 Å². The number of carboxylic acids is 1. The molecule has 0 spiro atoms. The summed E-state index contributed by atoms with van der Waals surface area (Å²) in [6.45, 7) is 1.93. The van der Waals surface area contributed by atoms with Gasteiger partial charge in [-0.25, -0.2) is 8.42 Å². The smallest absolute Gasteiger partial charge is 0.404 e. The maximum Gasteiger partial charge on any atom is 0.404 e. The minimum atomic E-state index is -4.74. The third-order valence-corrected chi connectivity index (χ3v) is 4.47. The molecule has 114 valence electrons. The summed E-state index contributed by atoms with van der Waals surface area (Å²) < 4.78 is 63.3. The molecular weight excluding hydrogens is 301 g/mol. The van der Waals surface area contributed by atoms with E-state index in [0.717, 1.165) is 10.6 Å². The van der Waals surface area contributed by atoms with Crippen molar-refractivity contribution in [2.24, 2.45) is 7.05 Å². The standard InChI is InChI=1S/C10H13F3N2O4S/c1-5-8(4-7(9(16)17)15(5)3)20(18,19)14-6(2)10(11,12)13/h4,6,14H,1-3H3,(H,16,17)/p-1. The number of alkyl halides is 3. The van der Waals surface area contributed by atoms with Crippen LogP contribution in [0, 0.1) is 6.92 Å². The molecule has 20 heavy (non-hydrogen) atoms. The van der Waals surface area contributed by atoms with Crippen molar-refractivity contribution in [2.45, 2.75) is 31.0 Å². The largest absolute Gasteiger partial charge is 0.543 e.